The van der Waals surface area contributed by atoms with E-state index in [-0.39, 0.29) is 5.60 Å². The third-order valence-electron chi connectivity index (χ3n) is 3.97. The van der Waals surface area contributed by atoms with Gasteiger partial charge in [-0.25, -0.2) is 0 Å². The minimum Gasteiger partial charge on any atom is -0.477 e. The number of nitrogens with two attached hydrogens (primary N) is 1. The maximum atomic E-state index is 9.36. The highest BCUT2D eigenvalue weighted by atomic mass is 35.5. The van der Waals surface area contributed by atoms with Gasteiger partial charge in [0.15, 0.2) is 0 Å². The summed E-state index contributed by atoms with van der Waals surface area (Å²) in [4.78, 5) is 0. The number of halogens is 1. The molecule has 128 valence electrons. The molecule has 2 rings (SSSR count). The van der Waals surface area contributed by atoms with Crippen LogP contribution in [0.2, 0.25) is 5.02 Å². The minimum absolute atomic E-state index is 0.285. The molecule has 0 spiro atoms. The number of nitrogen functional groups attached to an aromatic ring is 1. The van der Waals surface area contributed by atoms with Crippen molar-refractivity contribution in [2.45, 2.75) is 32.4 Å². The monoisotopic (exact) mass is 347 g/mol. The normalized spacial score (nSPS) is 11.3. The first kappa shape index (κ1) is 18.2. The second-order valence-electron chi connectivity index (χ2n) is 6.14. The van der Waals surface area contributed by atoms with Crippen LogP contribution >= 0.6 is 11.6 Å². The second-order valence-corrected chi connectivity index (χ2v) is 6.55. The summed E-state index contributed by atoms with van der Waals surface area (Å²) in [6.45, 7) is 4.83. The summed E-state index contributed by atoms with van der Waals surface area (Å²) in [5.41, 5.74) is 7.52. The molecule has 0 saturated heterocycles. The summed E-state index contributed by atoms with van der Waals surface area (Å²) < 4.78 is 13.0. The van der Waals surface area contributed by atoms with Gasteiger partial charge in [0.05, 0.1) is 24.4 Å². The summed E-state index contributed by atoms with van der Waals surface area (Å²) in [6, 6.07) is 11.3. The predicted octanol–water partition coefficient (Wildman–Crippen LogP) is 3.84. The van der Waals surface area contributed by atoms with E-state index in [2.05, 4.69) is 6.07 Å². The lowest BCUT2D eigenvalue weighted by Crippen LogP contribution is -2.25. The van der Waals surface area contributed by atoms with Crippen LogP contribution in [0.3, 0.4) is 0 Å². The zero-order chi connectivity index (χ0) is 17.7. The molecule has 0 saturated carbocycles. The third-order valence-corrected chi connectivity index (χ3v) is 4.34. The molecule has 1 heterocycles. The fourth-order valence-electron chi connectivity index (χ4n) is 2.26. The number of anilines is 1. The molecule has 6 heteroatoms. The molecule has 0 unspecified atom stereocenters. The second kappa shape index (κ2) is 7.61. The third kappa shape index (κ3) is 4.22. The lowest BCUT2D eigenvalue weighted by molar-refractivity contribution is 0.00485. The molecule has 0 fully saturated rings. The minimum atomic E-state index is -0.285. The van der Waals surface area contributed by atoms with Gasteiger partial charge < -0.3 is 15.2 Å². The van der Waals surface area contributed by atoms with Gasteiger partial charge in [0.25, 0.3) is 0 Å². The van der Waals surface area contributed by atoms with Crippen molar-refractivity contribution in [3.05, 3.63) is 46.6 Å². The number of hydrogen-bond donors (Lipinski definition) is 1. The number of benzene rings is 1. The van der Waals surface area contributed by atoms with Crippen molar-refractivity contribution in [1.82, 2.24) is 4.57 Å². The lowest BCUT2D eigenvalue weighted by atomic mass is 10.1. The van der Waals surface area contributed by atoms with Crippen molar-refractivity contribution in [2.24, 2.45) is 0 Å². The molecule has 0 aliphatic rings. The molecule has 5 nitrogen and oxygen atoms in total. The summed E-state index contributed by atoms with van der Waals surface area (Å²) >= 11 is 6.23. The largest absolute Gasteiger partial charge is 0.477 e. The van der Waals surface area contributed by atoms with E-state index in [1.807, 2.05) is 38.1 Å². The molecule has 0 aliphatic carbocycles. The molecule has 0 amide bonds. The lowest BCUT2D eigenvalue weighted by Gasteiger charge is -2.23. The molecule has 24 heavy (non-hydrogen) atoms. The van der Waals surface area contributed by atoms with Crippen molar-refractivity contribution < 1.29 is 9.47 Å². The average Bonchev–Trinajstić information content (AvgIpc) is 2.85. The number of aromatic nitrogens is 1. The summed E-state index contributed by atoms with van der Waals surface area (Å²) in [5, 5.41) is 10.0. The van der Waals surface area contributed by atoms with E-state index in [0.717, 1.165) is 5.56 Å². The highest BCUT2D eigenvalue weighted by Gasteiger charge is 2.19. The molecular formula is C18H22ClN3O2. The quantitative estimate of drug-likeness (QED) is 0.825. The first-order valence-electron chi connectivity index (χ1n) is 7.68. The number of ether oxygens (including phenoxy) is 2. The highest BCUT2D eigenvalue weighted by molar-refractivity contribution is 6.31. The van der Waals surface area contributed by atoms with Crippen LogP contribution in [0.4, 0.5) is 5.69 Å². The molecule has 0 bridgehead atoms. The summed E-state index contributed by atoms with van der Waals surface area (Å²) in [5.74, 6) is 0.485. The Bertz CT molecular complexity index is 747. The number of nitrogens with zero attached hydrogens (tertiary/aromatic N) is 2. The average molecular weight is 348 g/mol. The van der Waals surface area contributed by atoms with Crippen LogP contribution in [-0.2, 0) is 11.3 Å². The van der Waals surface area contributed by atoms with Crippen LogP contribution in [0.25, 0.3) is 0 Å². The van der Waals surface area contributed by atoms with Crippen molar-refractivity contribution in [3.63, 3.8) is 0 Å². The van der Waals surface area contributed by atoms with Gasteiger partial charge in [-0.05, 0) is 25.5 Å². The van der Waals surface area contributed by atoms with Gasteiger partial charge in [-0.1, -0.05) is 29.8 Å². The van der Waals surface area contributed by atoms with Gasteiger partial charge in [0.2, 0.25) is 5.88 Å². The smallest absolute Gasteiger partial charge is 0.218 e. The Kier molecular flexibility index (Phi) is 5.76. The van der Waals surface area contributed by atoms with Crippen molar-refractivity contribution in [3.8, 4) is 11.9 Å². The van der Waals surface area contributed by atoms with E-state index >= 15 is 0 Å². The molecule has 1 aromatic carbocycles. The number of methoxy groups -OCH3 is 1. The highest BCUT2D eigenvalue weighted by Crippen LogP contribution is 2.29. The van der Waals surface area contributed by atoms with Crippen LogP contribution in [0, 0.1) is 11.3 Å². The molecule has 0 atom stereocenters. The van der Waals surface area contributed by atoms with Gasteiger partial charge in [0.1, 0.15) is 11.8 Å². The summed E-state index contributed by atoms with van der Waals surface area (Å²) in [7, 11) is 1.67. The van der Waals surface area contributed by atoms with Crippen molar-refractivity contribution in [1.29, 1.82) is 5.26 Å². The molecule has 0 radical (unpaired) electrons. The van der Waals surface area contributed by atoms with E-state index in [1.54, 1.807) is 17.7 Å². The van der Waals surface area contributed by atoms with E-state index < -0.39 is 0 Å². The maximum absolute atomic E-state index is 9.36. The predicted molar refractivity (Wildman–Crippen MR) is 95.3 cm³/mol. The number of nitriles is 1. The number of rotatable bonds is 7. The van der Waals surface area contributed by atoms with Crippen molar-refractivity contribution >= 4 is 17.3 Å². The molecule has 2 N–H and O–H groups in total. The zero-order valence-corrected chi connectivity index (χ0v) is 14.9. The summed E-state index contributed by atoms with van der Waals surface area (Å²) in [6.07, 6.45) is 0.697. The van der Waals surface area contributed by atoms with Gasteiger partial charge in [-0.3, -0.25) is 4.57 Å². The Morgan fingerprint density at radius 2 is 2.04 bits per heavy atom. The topological polar surface area (TPSA) is 73.2 Å². The SMILES string of the molecule is COC(C)(C)CCOc1c(N)cc(C#N)n1Cc1ccccc1Cl. The van der Waals surface area contributed by atoms with E-state index in [0.29, 0.717) is 41.9 Å². The first-order valence-corrected chi connectivity index (χ1v) is 8.06. The van der Waals surface area contributed by atoms with Crippen LogP contribution in [0.15, 0.2) is 30.3 Å². The van der Waals surface area contributed by atoms with E-state index in [1.165, 1.54) is 0 Å². The Labute approximate surface area is 147 Å². The van der Waals surface area contributed by atoms with Crippen LogP contribution < -0.4 is 10.5 Å². The van der Waals surface area contributed by atoms with Gasteiger partial charge in [0, 0.05) is 24.6 Å². The fraction of sp³-hybridized carbons (Fsp3) is 0.389. The van der Waals surface area contributed by atoms with Crippen molar-refractivity contribution in [2.75, 3.05) is 19.5 Å². The van der Waals surface area contributed by atoms with Gasteiger partial charge in [-0.2, -0.15) is 5.26 Å². The Morgan fingerprint density at radius 3 is 2.67 bits per heavy atom. The van der Waals surface area contributed by atoms with E-state index in [9.17, 15) is 5.26 Å². The molecular weight excluding hydrogens is 326 g/mol. The van der Waals surface area contributed by atoms with Gasteiger partial charge in [-0.15, -0.1) is 0 Å². The van der Waals surface area contributed by atoms with Crippen LogP contribution in [0.5, 0.6) is 5.88 Å². The fourth-order valence-corrected chi connectivity index (χ4v) is 2.45. The molecule has 2 aromatic rings. The van der Waals surface area contributed by atoms with Crippen LogP contribution in [0.1, 0.15) is 31.5 Å². The standard InChI is InChI=1S/C18H22ClN3O2/c1-18(2,23-3)8-9-24-17-16(21)10-14(11-20)22(17)12-13-6-4-5-7-15(13)19/h4-7,10H,8-9,12,21H2,1-3H3. The first-order chi connectivity index (χ1) is 11.4. The molecule has 1 aromatic heterocycles. The van der Waals surface area contributed by atoms with E-state index in [4.69, 9.17) is 26.8 Å². The van der Waals surface area contributed by atoms with Crippen LogP contribution in [-0.4, -0.2) is 23.9 Å². The van der Waals surface area contributed by atoms with Gasteiger partial charge >= 0.3 is 0 Å². The Morgan fingerprint density at radius 1 is 1.33 bits per heavy atom. The Hall–Kier alpha value is -2.16. The molecule has 0 aliphatic heterocycles. The Balaban J connectivity index is 2.24. The zero-order valence-electron chi connectivity index (χ0n) is 14.2. The maximum Gasteiger partial charge on any atom is 0.218 e. The number of hydrogen-bond acceptors (Lipinski definition) is 4.